The fraction of sp³-hybridized carbons (Fsp3) is 0.231. The van der Waals surface area contributed by atoms with Gasteiger partial charge in [0.05, 0.1) is 24.4 Å². The minimum atomic E-state index is -1.35. The summed E-state index contributed by atoms with van der Waals surface area (Å²) in [5, 5.41) is 17.0. The van der Waals surface area contributed by atoms with Crippen molar-refractivity contribution in [3.8, 4) is 11.5 Å². The summed E-state index contributed by atoms with van der Waals surface area (Å²) < 4.78 is 11.9. The Balaban J connectivity index is 1.22. The number of anilines is 1. The Bertz CT molecular complexity index is 1280. The van der Waals surface area contributed by atoms with E-state index in [1.165, 1.54) is 5.56 Å². The summed E-state index contributed by atoms with van der Waals surface area (Å²) in [5.41, 5.74) is 7.94. The van der Waals surface area contributed by atoms with Gasteiger partial charge in [-0.25, -0.2) is 0 Å². The Morgan fingerprint density at radius 2 is 1.86 bits per heavy atom. The second-order valence-corrected chi connectivity index (χ2v) is 8.41. The smallest absolute Gasteiger partial charge is 0.240 e. The van der Waals surface area contributed by atoms with Crippen molar-refractivity contribution in [3.63, 3.8) is 0 Å². The number of H-pyrrole nitrogens is 1. The van der Waals surface area contributed by atoms with Crippen molar-refractivity contribution in [2.24, 2.45) is 5.73 Å². The fourth-order valence-corrected chi connectivity index (χ4v) is 4.00. The number of aryl methyl sites for hydroxylation is 1. The van der Waals surface area contributed by atoms with Crippen LogP contribution in [-0.2, 0) is 12.1 Å². The molecule has 0 bridgehead atoms. The Morgan fingerprint density at radius 3 is 2.63 bits per heavy atom. The van der Waals surface area contributed by atoms with Crippen LogP contribution in [0.1, 0.15) is 40.2 Å². The molecular formula is C26H26N6O3. The number of aromatic nitrogens is 4. The van der Waals surface area contributed by atoms with Gasteiger partial charge >= 0.3 is 0 Å². The number of unbranched alkanes of at least 4 members (excludes halogenated alkanes) is 1. The first kappa shape index (κ1) is 22.5. The van der Waals surface area contributed by atoms with Crippen molar-refractivity contribution < 1.29 is 14.3 Å². The van der Waals surface area contributed by atoms with E-state index in [2.05, 4.69) is 50.2 Å². The highest BCUT2D eigenvalue weighted by Gasteiger charge is 2.40. The van der Waals surface area contributed by atoms with Gasteiger partial charge in [0.1, 0.15) is 5.75 Å². The number of carbonyl (C=O) groups is 1. The lowest BCUT2D eigenvalue weighted by Crippen LogP contribution is -2.52. The average Bonchev–Trinajstić information content (AvgIpc) is 3.45. The zero-order chi connectivity index (χ0) is 24.1. The normalized spacial score (nSPS) is 16.6. The van der Waals surface area contributed by atoms with Crippen molar-refractivity contribution >= 4 is 11.5 Å². The number of nitrogens with two attached hydrogens (primary N) is 1. The molecule has 5 rings (SSSR count). The second-order valence-electron chi connectivity index (χ2n) is 8.41. The number of fused-ring (bicyclic) bond motifs is 1. The highest BCUT2D eigenvalue weighted by molar-refractivity contribution is 6.11. The van der Waals surface area contributed by atoms with Crippen molar-refractivity contribution in [1.29, 1.82) is 0 Å². The molecular weight excluding hydrogens is 444 g/mol. The molecule has 0 saturated carbocycles. The average molecular weight is 471 g/mol. The molecule has 4 N–H and O–H groups in total. The zero-order valence-corrected chi connectivity index (χ0v) is 19.1. The number of nitrogens with zero attached hydrogens (tertiary/aromatic N) is 3. The molecule has 1 unspecified atom stereocenters. The quantitative estimate of drug-likeness (QED) is 0.251. The van der Waals surface area contributed by atoms with E-state index in [1.807, 2.05) is 24.3 Å². The molecule has 0 spiro atoms. The molecule has 1 aromatic heterocycles. The number of tetrazole rings is 1. The van der Waals surface area contributed by atoms with Crippen molar-refractivity contribution in [1.82, 2.24) is 20.6 Å². The third-order valence-corrected chi connectivity index (χ3v) is 5.90. The molecule has 0 radical (unpaired) electrons. The number of aromatic amines is 1. The van der Waals surface area contributed by atoms with Gasteiger partial charge < -0.3 is 14.8 Å². The van der Waals surface area contributed by atoms with Crippen LogP contribution in [0.15, 0.2) is 72.8 Å². The van der Waals surface area contributed by atoms with Gasteiger partial charge in [0.15, 0.2) is 11.5 Å². The van der Waals surface area contributed by atoms with E-state index in [9.17, 15) is 4.79 Å². The number of para-hydroxylation sites is 1. The molecule has 0 aliphatic carbocycles. The first-order chi connectivity index (χ1) is 17.1. The summed E-state index contributed by atoms with van der Waals surface area (Å²) in [6.45, 7) is 0.856. The van der Waals surface area contributed by atoms with Crippen LogP contribution in [0, 0.1) is 0 Å². The summed E-state index contributed by atoms with van der Waals surface area (Å²) in [5.74, 6) is 1.10. The van der Waals surface area contributed by atoms with Gasteiger partial charge in [-0.15, -0.1) is 10.2 Å². The van der Waals surface area contributed by atoms with E-state index in [4.69, 9.17) is 15.2 Å². The monoisotopic (exact) mass is 470 g/mol. The SMILES string of the molecule is NC1(c2nn[nH]n2)CNc2cccc(C(=O)c3ccc(OCCCCc4ccccc4)cc3)c2O1. The summed E-state index contributed by atoms with van der Waals surface area (Å²) in [7, 11) is 0. The van der Waals surface area contributed by atoms with E-state index >= 15 is 0 Å². The van der Waals surface area contributed by atoms with Crippen LogP contribution in [0.5, 0.6) is 11.5 Å². The minimum absolute atomic E-state index is 0.185. The lowest BCUT2D eigenvalue weighted by atomic mass is 10.00. The first-order valence-electron chi connectivity index (χ1n) is 11.5. The van der Waals surface area contributed by atoms with Gasteiger partial charge in [-0.3, -0.25) is 10.5 Å². The van der Waals surface area contributed by atoms with Gasteiger partial charge in [-0.1, -0.05) is 36.4 Å². The maximum Gasteiger partial charge on any atom is 0.240 e. The number of carbonyl (C=O) groups excluding carboxylic acids is 1. The van der Waals surface area contributed by atoms with Crippen LogP contribution in [0.25, 0.3) is 0 Å². The van der Waals surface area contributed by atoms with Crippen LogP contribution in [0.4, 0.5) is 5.69 Å². The molecule has 9 heteroatoms. The second kappa shape index (κ2) is 9.94. The van der Waals surface area contributed by atoms with Crippen molar-refractivity contribution in [3.05, 3.63) is 95.3 Å². The molecule has 4 aromatic rings. The number of rotatable bonds is 9. The first-order valence-corrected chi connectivity index (χ1v) is 11.5. The van der Waals surface area contributed by atoms with Crippen molar-refractivity contribution in [2.75, 3.05) is 18.5 Å². The Labute approximate surface area is 202 Å². The fourth-order valence-electron chi connectivity index (χ4n) is 4.00. The predicted molar refractivity (Wildman–Crippen MR) is 130 cm³/mol. The largest absolute Gasteiger partial charge is 0.494 e. The number of benzene rings is 3. The van der Waals surface area contributed by atoms with E-state index in [1.54, 1.807) is 24.3 Å². The van der Waals surface area contributed by atoms with Crippen LogP contribution in [0.3, 0.4) is 0 Å². The Hall–Kier alpha value is -4.24. The van der Waals surface area contributed by atoms with Crippen LogP contribution in [0.2, 0.25) is 0 Å². The summed E-state index contributed by atoms with van der Waals surface area (Å²) in [6, 6.07) is 22.9. The van der Waals surface area contributed by atoms with E-state index in [0.717, 1.165) is 25.0 Å². The summed E-state index contributed by atoms with van der Waals surface area (Å²) >= 11 is 0. The molecule has 2 heterocycles. The number of hydrogen-bond acceptors (Lipinski definition) is 8. The molecule has 1 aliphatic rings. The standard InChI is InChI=1S/C26H26N6O3/c27-26(25-29-31-32-30-25)17-28-22-11-6-10-21(24(22)35-26)23(33)19-12-14-20(15-13-19)34-16-5-4-9-18-7-2-1-3-8-18/h1-3,6-8,10-15,28H,4-5,9,16-17,27H2,(H,29,30,31,32). The molecule has 0 fully saturated rings. The third kappa shape index (κ3) is 4.99. The van der Waals surface area contributed by atoms with E-state index < -0.39 is 5.72 Å². The number of hydrogen-bond donors (Lipinski definition) is 3. The van der Waals surface area contributed by atoms with E-state index in [-0.39, 0.29) is 18.2 Å². The lowest BCUT2D eigenvalue weighted by molar-refractivity contribution is 0.0686. The number of ether oxygens (including phenoxy) is 2. The number of nitrogens with one attached hydrogen (secondary N) is 2. The molecule has 0 saturated heterocycles. The topological polar surface area (TPSA) is 128 Å². The molecule has 178 valence electrons. The number of ketones is 1. The molecule has 9 nitrogen and oxygen atoms in total. The van der Waals surface area contributed by atoms with Gasteiger partial charge in [0, 0.05) is 5.56 Å². The Kier molecular flexibility index (Phi) is 6.40. The lowest BCUT2D eigenvalue weighted by Gasteiger charge is -2.34. The molecule has 1 atom stereocenters. The maximum atomic E-state index is 13.3. The van der Waals surface area contributed by atoms with Crippen molar-refractivity contribution in [2.45, 2.75) is 25.0 Å². The highest BCUT2D eigenvalue weighted by atomic mass is 16.5. The maximum absolute atomic E-state index is 13.3. The van der Waals surface area contributed by atoms with Crippen LogP contribution < -0.4 is 20.5 Å². The zero-order valence-electron chi connectivity index (χ0n) is 19.1. The Morgan fingerprint density at radius 1 is 1.03 bits per heavy atom. The van der Waals surface area contributed by atoms with Crippen LogP contribution in [-0.4, -0.2) is 39.6 Å². The van der Waals surface area contributed by atoms with Gasteiger partial charge in [0.2, 0.25) is 11.5 Å². The highest BCUT2D eigenvalue weighted by Crippen LogP contribution is 2.38. The van der Waals surface area contributed by atoms with Gasteiger partial charge in [-0.05, 0) is 66.4 Å². The van der Waals surface area contributed by atoms with Gasteiger partial charge in [0.25, 0.3) is 0 Å². The predicted octanol–water partition coefficient (Wildman–Crippen LogP) is 3.45. The van der Waals surface area contributed by atoms with Crippen LogP contribution >= 0.6 is 0 Å². The van der Waals surface area contributed by atoms with E-state index in [0.29, 0.717) is 29.2 Å². The third-order valence-electron chi connectivity index (χ3n) is 5.90. The molecule has 1 aliphatic heterocycles. The molecule has 0 amide bonds. The summed E-state index contributed by atoms with van der Waals surface area (Å²) in [4.78, 5) is 13.3. The minimum Gasteiger partial charge on any atom is -0.494 e. The molecule has 3 aromatic carbocycles. The molecule has 35 heavy (non-hydrogen) atoms. The summed E-state index contributed by atoms with van der Waals surface area (Å²) in [6.07, 6.45) is 3.05. The van der Waals surface area contributed by atoms with Gasteiger partial charge in [-0.2, -0.15) is 5.21 Å².